The highest BCUT2D eigenvalue weighted by Gasteiger charge is 2.15. The molecule has 5 heteroatoms. The van der Waals surface area contributed by atoms with Gasteiger partial charge in [-0.2, -0.15) is 0 Å². The van der Waals surface area contributed by atoms with Crippen LogP contribution in [0, 0.1) is 0 Å². The molecule has 0 unspecified atom stereocenters. The summed E-state index contributed by atoms with van der Waals surface area (Å²) < 4.78 is 11.0. The van der Waals surface area contributed by atoms with Crippen LogP contribution < -0.4 is 14.8 Å². The zero-order valence-electron chi connectivity index (χ0n) is 14.9. The highest BCUT2D eigenvalue weighted by Crippen LogP contribution is 2.26. The van der Waals surface area contributed by atoms with Crippen molar-refractivity contribution < 1.29 is 19.4 Å². The minimum atomic E-state index is -0.871. The van der Waals surface area contributed by atoms with Crippen LogP contribution in [0.4, 0.5) is 0 Å². The number of para-hydroxylation sites is 2. The molecule has 2 aromatic rings. The summed E-state index contributed by atoms with van der Waals surface area (Å²) in [7, 11) is 0. The summed E-state index contributed by atoms with van der Waals surface area (Å²) in [5, 5.41) is 12.8. The van der Waals surface area contributed by atoms with Crippen LogP contribution in [0.2, 0.25) is 0 Å². The monoisotopic (exact) mass is 343 g/mol. The second-order valence-electron chi connectivity index (χ2n) is 6.20. The minimum absolute atomic E-state index is 0.0775. The van der Waals surface area contributed by atoms with E-state index < -0.39 is 5.60 Å². The minimum Gasteiger partial charge on any atom is -0.490 e. The summed E-state index contributed by atoms with van der Waals surface area (Å²) in [6, 6.07) is 14.8. The van der Waals surface area contributed by atoms with E-state index in [1.54, 1.807) is 26.0 Å². The van der Waals surface area contributed by atoms with E-state index in [9.17, 15) is 9.90 Å². The smallest absolute Gasteiger partial charge is 0.258 e. The van der Waals surface area contributed by atoms with Crippen LogP contribution in [0.1, 0.15) is 31.9 Å². The van der Waals surface area contributed by atoms with Gasteiger partial charge in [0.2, 0.25) is 0 Å². The Hall–Kier alpha value is -2.53. The van der Waals surface area contributed by atoms with Crippen molar-refractivity contribution in [1.82, 2.24) is 5.32 Å². The van der Waals surface area contributed by atoms with E-state index in [0.29, 0.717) is 24.7 Å². The summed E-state index contributed by atoms with van der Waals surface area (Å²) in [4.78, 5) is 12.0. The number of hydrogen-bond donors (Lipinski definition) is 2. The molecule has 0 bridgehead atoms. The normalized spacial score (nSPS) is 11.0. The Kier molecular flexibility index (Phi) is 6.42. The van der Waals surface area contributed by atoms with Gasteiger partial charge in [0.15, 0.2) is 18.1 Å². The lowest BCUT2D eigenvalue weighted by atomic mass is 9.97. The van der Waals surface area contributed by atoms with Crippen molar-refractivity contribution in [2.75, 3.05) is 13.2 Å². The van der Waals surface area contributed by atoms with Gasteiger partial charge >= 0.3 is 0 Å². The van der Waals surface area contributed by atoms with Gasteiger partial charge in [0.25, 0.3) is 5.91 Å². The number of benzene rings is 2. The molecule has 0 heterocycles. The first-order valence-corrected chi connectivity index (χ1v) is 8.33. The average Bonchev–Trinajstić information content (AvgIpc) is 2.59. The van der Waals surface area contributed by atoms with Crippen molar-refractivity contribution in [3.8, 4) is 11.5 Å². The van der Waals surface area contributed by atoms with Crippen LogP contribution in [-0.4, -0.2) is 24.2 Å². The maximum atomic E-state index is 12.0. The Morgan fingerprint density at radius 1 is 1.04 bits per heavy atom. The van der Waals surface area contributed by atoms with E-state index in [0.717, 1.165) is 11.1 Å². The van der Waals surface area contributed by atoms with Crippen LogP contribution in [0.3, 0.4) is 0 Å². The van der Waals surface area contributed by atoms with Crippen molar-refractivity contribution in [2.45, 2.75) is 32.9 Å². The molecular formula is C20H25NO4. The van der Waals surface area contributed by atoms with Gasteiger partial charge < -0.3 is 19.9 Å². The number of carbonyl (C=O) groups is 1. The molecule has 0 aromatic heterocycles. The van der Waals surface area contributed by atoms with Gasteiger partial charge in [0, 0.05) is 6.54 Å². The molecule has 5 nitrogen and oxygen atoms in total. The van der Waals surface area contributed by atoms with E-state index in [1.165, 1.54) is 0 Å². The third-order valence-corrected chi connectivity index (χ3v) is 3.66. The van der Waals surface area contributed by atoms with Gasteiger partial charge in [-0.15, -0.1) is 0 Å². The summed E-state index contributed by atoms with van der Waals surface area (Å²) in [6.45, 7) is 6.23. The van der Waals surface area contributed by atoms with Gasteiger partial charge in [-0.25, -0.2) is 0 Å². The highest BCUT2D eigenvalue weighted by atomic mass is 16.5. The lowest BCUT2D eigenvalue weighted by molar-refractivity contribution is -0.123. The van der Waals surface area contributed by atoms with Crippen LogP contribution in [0.25, 0.3) is 0 Å². The largest absolute Gasteiger partial charge is 0.490 e. The van der Waals surface area contributed by atoms with Crippen LogP contribution in [0.15, 0.2) is 48.5 Å². The summed E-state index contributed by atoms with van der Waals surface area (Å²) in [5.74, 6) is 0.965. The molecule has 25 heavy (non-hydrogen) atoms. The van der Waals surface area contributed by atoms with Crippen LogP contribution >= 0.6 is 0 Å². The number of hydrogen-bond acceptors (Lipinski definition) is 4. The molecule has 134 valence electrons. The zero-order chi connectivity index (χ0) is 18.3. The summed E-state index contributed by atoms with van der Waals surface area (Å²) in [6.07, 6.45) is 0. The quantitative estimate of drug-likeness (QED) is 0.773. The molecule has 0 radical (unpaired) electrons. The maximum absolute atomic E-state index is 12.0. The first kappa shape index (κ1) is 18.8. The number of amides is 1. The molecule has 0 aliphatic carbocycles. The molecule has 0 atom stereocenters. The van der Waals surface area contributed by atoms with Gasteiger partial charge in [-0.05, 0) is 44.0 Å². The van der Waals surface area contributed by atoms with Gasteiger partial charge in [0.05, 0.1) is 12.2 Å². The van der Waals surface area contributed by atoms with Gasteiger partial charge in [0.1, 0.15) is 0 Å². The SMILES string of the molecule is CCOc1ccccc1OCC(=O)NCc1ccc(C(C)(C)O)cc1. The van der Waals surface area contributed by atoms with Crippen molar-refractivity contribution >= 4 is 5.91 Å². The molecule has 2 rings (SSSR count). The second kappa shape index (κ2) is 8.53. The molecular weight excluding hydrogens is 318 g/mol. The Morgan fingerprint density at radius 2 is 1.64 bits per heavy atom. The van der Waals surface area contributed by atoms with E-state index in [4.69, 9.17) is 9.47 Å². The Labute approximate surface area is 148 Å². The molecule has 0 spiro atoms. The predicted molar refractivity (Wildman–Crippen MR) is 96.6 cm³/mol. The first-order chi connectivity index (χ1) is 11.9. The molecule has 0 aliphatic rings. The van der Waals surface area contributed by atoms with E-state index in [1.807, 2.05) is 43.3 Å². The standard InChI is InChI=1S/C20H25NO4/c1-4-24-17-7-5-6-8-18(17)25-14-19(22)21-13-15-9-11-16(12-10-15)20(2,3)23/h5-12,23H,4,13-14H2,1-3H3,(H,21,22). The van der Waals surface area contributed by atoms with Crippen molar-refractivity contribution in [2.24, 2.45) is 0 Å². The molecule has 0 aliphatic heterocycles. The zero-order valence-corrected chi connectivity index (χ0v) is 14.9. The maximum Gasteiger partial charge on any atom is 0.258 e. The van der Waals surface area contributed by atoms with Crippen LogP contribution in [-0.2, 0) is 16.9 Å². The van der Waals surface area contributed by atoms with E-state index in [2.05, 4.69) is 5.32 Å². The van der Waals surface area contributed by atoms with Crippen molar-refractivity contribution in [3.05, 3.63) is 59.7 Å². The van der Waals surface area contributed by atoms with Crippen molar-refractivity contribution in [1.29, 1.82) is 0 Å². The number of aliphatic hydroxyl groups is 1. The fourth-order valence-corrected chi connectivity index (χ4v) is 2.27. The Bertz CT molecular complexity index is 690. The van der Waals surface area contributed by atoms with Gasteiger partial charge in [-0.3, -0.25) is 4.79 Å². The highest BCUT2D eigenvalue weighted by molar-refractivity contribution is 5.77. The molecule has 0 saturated heterocycles. The molecule has 0 saturated carbocycles. The van der Waals surface area contributed by atoms with E-state index in [-0.39, 0.29) is 12.5 Å². The molecule has 0 fully saturated rings. The average molecular weight is 343 g/mol. The fraction of sp³-hybridized carbons (Fsp3) is 0.350. The Morgan fingerprint density at radius 3 is 2.20 bits per heavy atom. The molecule has 2 aromatic carbocycles. The molecule has 1 amide bonds. The predicted octanol–water partition coefficient (Wildman–Crippen LogP) is 3.01. The molecule has 2 N–H and O–H groups in total. The summed E-state index contributed by atoms with van der Waals surface area (Å²) in [5.41, 5.74) is 0.915. The number of carbonyl (C=O) groups excluding carboxylic acids is 1. The van der Waals surface area contributed by atoms with E-state index >= 15 is 0 Å². The number of nitrogens with one attached hydrogen (secondary N) is 1. The third-order valence-electron chi connectivity index (χ3n) is 3.66. The van der Waals surface area contributed by atoms with Crippen molar-refractivity contribution in [3.63, 3.8) is 0 Å². The third kappa shape index (κ3) is 5.80. The number of ether oxygens (including phenoxy) is 2. The second-order valence-corrected chi connectivity index (χ2v) is 6.20. The number of rotatable bonds is 8. The topological polar surface area (TPSA) is 67.8 Å². The van der Waals surface area contributed by atoms with Crippen LogP contribution in [0.5, 0.6) is 11.5 Å². The fourth-order valence-electron chi connectivity index (χ4n) is 2.27. The summed E-state index contributed by atoms with van der Waals surface area (Å²) >= 11 is 0. The van der Waals surface area contributed by atoms with Gasteiger partial charge in [-0.1, -0.05) is 36.4 Å². The Balaban J connectivity index is 1.83. The lowest BCUT2D eigenvalue weighted by Gasteiger charge is -2.18. The first-order valence-electron chi connectivity index (χ1n) is 8.33. The lowest BCUT2D eigenvalue weighted by Crippen LogP contribution is -2.28.